The Labute approximate surface area is 108 Å². The molecule has 1 aromatic carbocycles. The molecular weight excluding hydrogens is 228 g/mol. The molecule has 1 aromatic rings. The topological polar surface area (TPSA) is 46.5 Å². The van der Waals surface area contributed by atoms with E-state index in [1.165, 1.54) is 0 Å². The summed E-state index contributed by atoms with van der Waals surface area (Å²) in [4.78, 5) is 11.7. The molecule has 0 fully saturated rings. The number of ether oxygens (including phenoxy) is 1. The molecule has 98 valence electrons. The fraction of sp³-hybridized carbons (Fsp3) is 0.400. The second-order valence-electron chi connectivity index (χ2n) is 4.12. The van der Waals surface area contributed by atoms with Gasteiger partial charge >= 0.3 is 5.97 Å². The Hall–Kier alpha value is -1.61. The molecule has 3 nitrogen and oxygen atoms in total. The van der Waals surface area contributed by atoms with E-state index in [1.54, 1.807) is 12.1 Å². The fourth-order valence-corrected chi connectivity index (χ4v) is 1.51. The van der Waals surface area contributed by atoms with E-state index in [1.807, 2.05) is 37.3 Å². The van der Waals surface area contributed by atoms with E-state index in [0.717, 1.165) is 19.3 Å². The van der Waals surface area contributed by atoms with Crippen molar-refractivity contribution in [2.45, 2.75) is 32.3 Å². The molecule has 0 saturated heterocycles. The second kappa shape index (κ2) is 8.48. The first-order chi connectivity index (χ1) is 8.74. The average Bonchev–Trinajstić information content (AvgIpc) is 2.39. The summed E-state index contributed by atoms with van der Waals surface area (Å²) in [6.07, 6.45) is 6.28. The molecule has 0 bridgehead atoms. The molecule has 1 N–H and O–H groups in total. The molecular formula is C15H20O3. The molecule has 0 radical (unpaired) electrons. The van der Waals surface area contributed by atoms with Gasteiger partial charge in [0.2, 0.25) is 0 Å². The number of benzene rings is 1. The Kier molecular flexibility index (Phi) is 6.81. The number of aliphatic hydroxyl groups is 1. The van der Waals surface area contributed by atoms with Crippen molar-refractivity contribution in [2.24, 2.45) is 0 Å². The second-order valence-corrected chi connectivity index (χ2v) is 4.12. The maximum Gasteiger partial charge on any atom is 0.338 e. The summed E-state index contributed by atoms with van der Waals surface area (Å²) in [6, 6.07) is 8.96. The van der Waals surface area contributed by atoms with Crippen LogP contribution < -0.4 is 0 Å². The highest BCUT2D eigenvalue weighted by molar-refractivity contribution is 5.89. The Morgan fingerprint density at radius 2 is 2.06 bits per heavy atom. The molecule has 0 saturated carbocycles. The van der Waals surface area contributed by atoms with Gasteiger partial charge in [-0.2, -0.15) is 0 Å². The van der Waals surface area contributed by atoms with Crippen molar-refractivity contribution in [2.75, 3.05) is 6.61 Å². The lowest BCUT2D eigenvalue weighted by Gasteiger charge is -2.08. The zero-order valence-electron chi connectivity index (χ0n) is 10.7. The van der Waals surface area contributed by atoms with E-state index in [4.69, 9.17) is 9.84 Å². The summed E-state index contributed by atoms with van der Waals surface area (Å²) in [5.41, 5.74) is 0.568. The third-order valence-electron chi connectivity index (χ3n) is 2.49. The molecule has 0 aliphatic heterocycles. The van der Waals surface area contributed by atoms with Gasteiger partial charge in [0.15, 0.2) is 0 Å². The van der Waals surface area contributed by atoms with Gasteiger partial charge in [0.25, 0.3) is 0 Å². The summed E-state index contributed by atoms with van der Waals surface area (Å²) in [5, 5.41) is 8.63. The van der Waals surface area contributed by atoms with Crippen molar-refractivity contribution >= 4 is 5.97 Å². The van der Waals surface area contributed by atoms with Gasteiger partial charge in [-0.1, -0.05) is 24.3 Å². The van der Waals surface area contributed by atoms with Crippen molar-refractivity contribution < 1.29 is 14.6 Å². The highest BCUT2D eigenvalue weighted by Gasteiger charge is 2.08. The van der Waals surface area contributed by atoms with E-state index in [2.05, 4.69) is 0 Å². The Balaban J connectivity index is 2.31. The van der Waals surface area contributed by atoms with Gasteiger partial charge in [0.05, 0.1) is 5.56 Å². The first kappa shape index (κ1) is 14.5. The molecule has 0 heterocycles. The van der Waals surface area contributed by atoms with E-state index in [-0.39, 0.29) is 18.7 Å². The molecule has 0 aliphatic rings. The van der Waals surface area contributed by atoms with Crippen LogP contribution in [-0.2, 0) is 4.74 Å². The van der Waals surface area contributed by atoms with Crippen molar-refractivity contribution in [1.29, 1.82) is 0 Å². The Morgan fingerprint density at radius 3 is 2.72 bits per heavy atom. The first-order valence-corrected chi connectivity index (χ1v) is 6.27. The number of carbonyl (C=O) groups is 1. The molecule has 1 atom stereocenters. The van der Waals surface area contributed by atoms with Crippen LogP contribution in [0.15, 0.2) is 42.5 Å². The van der Waals surface area contributed by atoms with Gasteiger partial charge in [-0.25, -0.2) is 4.79 Å². The Bertz CT molecular complexity index is 371. The largest absolute Gasteiger partial charge is 0.455 e. The van der Waals surface area contributed by atoms with Crippen LogP contribution in [-0.4, -0.2) is 23.8 Å². The van der Waals surface area contributed by atoms with Gasteiger partial charge in [-0.05, 0) is 44.4 Å². The maximum atomic E-state index is 11.7. The van der Waals surface area contributed by atoms with Crippen LogP contribution in [0.2, 0.25) is 0 Å². The summed E-state index contributed by atoms with van der Waals surface area (Å²) in [7, 11) is 0. The monoisotopic (exact) mass is 248 g/mol. The SMILES string of the molecule is CC(/C=C/CCCCO)OC(=O)c1ccccc1. The number of unbranched alkanes of at least 4 members (excludes halogenated alkanes) is 2. The van der Waals surface area contributed by atoms with E-state index >= 15 is 0 Å². The normalized spacial score (nSPS) is 12.6. The van der Waals surface area contributed by atoms with Crippen molar-refractivity contribution in [1.82, 2.24) is 0 Å². The standard InChI is InChI=1S/C15H20O3/c1-13(9-5-2-3-8-12-16)18-15(17)14-10-6-4-7-11-14/h4-7,9-11,13,16H,2-3,8,12H2,1H3/b9-5+. The number of aliphatic hydroxyl groups excluding tert-OH is 1. The number of rotatable bonds is 7. The smallest absolute Gasteiger partial charge is 0.338 e. The minimum atomic E-state index is -0.303. The third kappa shape index (κ3) is 5.64. The quantitative estimate of drug-likeness (QED) is 0.458. The number of esters is 1. The van der Waals surface area contributed by atoms with Crippen LogP contribution in [0.3, 0.4) is 0 Å². The number of hydrogen-bond donors (Lipinski definition) is 1. The number of hydrogen-bond acceptors (Lipinski definition) is 3. The zero-order valence-corrected chi connectivity index (χ0v) is 10.7. The molecule has 1 unspecified atom stereocenters. The highest BCUT2D eigenvalue weighted by Crippen LogP contribution is 2.05. The van der Waals surface area contributed by atoms with E-state index in [9.17, 15) is 4.79 Å². The van der Waals surface area contributed by atoms with Crippen LogP contribution in [0.4, 0.5) is 0 Å². The third-order valence-corrected chi connectivity index (χ3v) is 2.49. The van der Waals surface area contributed by atoms with Gasteiger partial charge in [-0.3, -0.25) is 0 Å². The van der Waals surface area contributed by atoms with Gasteiger partial charge in [0.1, 0.15) is 6.10 Å². The van der Waals surface area contributed by atoms with Gasteiger partial charge < -0.3 is 9.84 Å². The van der Waals surface area contributed by atoms with Crippen molar-refractivity contribution in [3.8, 4) is 0 Å². The van der Waals surface area contributed by atoms with E-state index in [0.29, 0.717) is 5.56 Å². The van der Waals surface area contributed by atoms with Crippen LogP contribution in [0.1, 0.15) is 36.5 Å². The van der Waals surface area contributed by atoms with Crippen LogP contribution in [0.25, 0.3) is 0 Å². The molecule has 0 amide bonds. The molecule has 1 rings (SSSR count). The molecule has 0 spiro atoms. The van der Waals surface area contributed by atoms with Crippen molar-refractivity contribution in [3.63, 3.8) is 0 Å². The highest BCUT2D eigenvalue weighted by atomic mass is 16.5. The first-order valence-electron chi connectivity index (χ1n) is 6.27. The predicted molar refractivity (Wildman–Crippen MR) is 71.4 cm³/mol. The minimum Gasteiger partial charge on any atom is -0.455 e. The van der Waals surface area contributed by atoms with Crippen LogP contribution in [0, 0.1) is 0 Å². The average molecular weight is 248 g/mol. The Morgan fingerprint density at radius 1 is 1.33 bits per heavy atom. The molecule has 3 heteroatoms. The lowest BCUT2D eigenvalue weighted by atomic mass is 10.2. The summed E-state index contributed by atoms with van der Waals surface area (Å²) in [5.74, 6) is -0.303. The lowest BCUT2D eigenvalue weighted by Crippen LogP contribution is -2.12. The summed E-state index contributed by atoms with van der Waals surface area (Å²) < 4.78 is 5.27. The van der Waals surface area contributed by atoms with Gasteiger partial charge in [-0.15, -0.1) is 0 Å². The number of carbonyl (C=O) groups excluding carboxylic acids is 1. The van der Waals surface area contributed by atoms with Crippen molar-refractivity contribution in [3.05, 3.63) is 48.0 Å². The minimum absolute atomic E-state index is 0.229. The van der Waals surface area contributed by atoms with E-state index < -0.39 is 0 Å². The van der Waals surface area contributed by atoms with Gasteiger partial charge in [0, 0.05) is 6.61 Å². The fourth-order valence-electron chi connectivity index (χ4n) is 1.51. The molecule has 18 heavy (non-hydrogen) atoms. The zero-order chi connectivity index (χ0) is 13.2. The molecule has 0 aromatic heterocycles. The van der Waals surface area contributed by atoms with Crippen LogP contribution >= 0.6 is 0 Å². The maximum absolute atomic E-state index is 11.7. The summed E-state index contributed by atoms with van der Waals surface area (Å²) in [6.45, 7) is 2.07. The lowest BCUT2D eigenvalue weighted by molar-refractivity contribution is 0.0424. The molecule has 0 aliphatic carbocycles. The predicted octanol–water partition coefficient (Wildman–Crippen LogP) is 2.95. The number of allylic oxidation sites excluding steroid dienone is 1. The summed E-state index contributed by atoms with van der Waals surface area (Å²) >= 11 is 0. The van der Waals surface area contributed by atoms with Crippen LogP contribution in [0.5, 0.6) is 0 Å².